The Morgan fingerprint density at radius 2 is 1.08 bits per heavy atom. The Balaban J connectivity index is -0.000000144. The summed E-state index contributed by atoms with van der Waals surface area (Å²) < 4.78 is 0. The predicted octanol–water partition coefficient (Wildman–Crippen LogP) is 3.72. The van der Waals surface area contributed by atoms with Crippen molar-refractivity contribution in [3.8, 4) is 0 Å². The summed E-state index contributed by atoms with van der Waals surface area (Å²) in [5.74, 6) is 0. The first kappa shape index (κ1) is 18.5. The summed E-state index contributed by atoms with van der Waals surface area (Å²) in [7, 11) is 0. The average Bonchev–Trinajstić information content (AvgIpc) is 2.28. The Labute approximate surface area is 93.3 Å². The van der Waals surface area contributed by atoms with E-state index in [-0.39, 0.29) is 0 Å². The molecule has 1 rings (SSSR count). The monoisotopic (exact) mass is 244 g/mol. The van der Waals surface area contributed by atoms with Gasteiger partial charge in [-0.25, -0.2) is 0 Å². The zero-order valence-electron chi connectivity index (χ0n) is 9.96. The molecule has 0 nitrogen and oxygen atoms in total. The van der Waals surface area contributed by atoms with Crippen LogP contribution in [0.3, 0.4) is 0 Å². The molecule has 0 N–H and O–H groups in total. The molecule has 0 saturated carbocycles. The van der Waals surface area contributed by atoms with E-state index in [9.17, 15) is 0 Å². The van der Waals surface area contributed by atoms with Crippen molar-refractivity contribution in [2.24, 2.45) is 0 Å². The maximum absolute atomic E-state index is 2.08. The Bertz CT molecular complexity index is 135. The van der Waals surface area contributed by atoms with E-state index in [2.05, 4.69) is 24.8 Å². The van der Waals surface area contributed by atoms with Crippen molar-refractivity contribution in [3.63, 3.8) is 0 Å². The third-order valence-corrected chi connectivity index (χ3v) is 0.940. The molecule has 1 aromatic rings. The molecule has 0 fully saturated rings. The van der Waals surface area contributed by atoms with Crippen molar-refractivity contribution in [2.45, 2.75) is 40.3 Å². The molecule has 13 heavy (non-hydrogen) atoms. The molecule has 0 amide bonds. The SMILES string of the molecule is CC.CC.C[AsH2].Cc1ccccc1. The van der Waals surface area contributed by atoms with E-state index in [4.69, 9.17) is 0 Å². The number of hydrogen-bond acceptors (Lipinski definition) is 0. The van der Waals surface area contributed by atoms with E-state index in [0.29, 0.717) is 0 Å². The van der Waals surface area contributed by atoms with Crippen LogP contribution in [-0.2, 0) is 0 Å². The van der Waals surface area contributed by atoms with Gasteiger partial charge in [-0.3, -0.25) is 0 Å². The fourth-order valence-electron chi connectivity index (χ4n) is 0.534. The third kappa shape index (κ3) is 18.6. The van der Waals surface area contributed by atoms with Gasteiger partial charge in [-0.1, -0.05) is 63.6 Å². The quantitative estimate of drug-likeness (QED) is 0.610. The van der Waals surface area contributed by atoms with Gasteiger partial charge < -0.3 is 0 Å². The van der Waals surface area contributed by atoms with Gasteiger partial charge in [-0.2, -0.15) is 0 Å². The second-order valence-corrected chi connectivity index (χ2v) is 1.65. The zero-order chi connectivity index (χ0) is 11.1. The largest absolute Gasteiger partial charge is 0.0622 e. The summed E-state index contributed by atoms with van der Waals surface area (Å²) in [6, 6.07) is 10.3. The van der Waals surface area contributed by atoms with Crippen LogP contribution in [0.2, 0.25) is 5.71 Å². The number of hydrogen-bond donors (Lipinski definition) is 0. The molecule has 1 unspecified atom stereocenters. The average molecular weight is 244 g/mol. The molecule has 0 aromatic heterocycles. The minimum absolute atomic E-state index is 1.32. The van der Waals surface area contributed by atoms with Crippen LogP contribution in [0.25, 0.3) is 0 Å². The predicted molar refractivity (Wildman–Crippen MR) is 68.3 cm³/mol. The summed E-state index contributed by atoms with van der Waals surface area (Å²) in [4.78, 5) is 0. The third-order valence-electron chi connectivity index (χ3n) is 0.940. The van der Waals surface area contributed by atoms with Crippen molar-refractivity contribution in [3.05, 3.63) is 35.9 Å². The van der Waals surface area contributed by atoms with Gasteiger partial charge in [0.2, 0.25) is 0 Å². The van der Waals surface area contributed by atoms with E-state index < -0.39 is 0 Å². The minimum Gasteiger partial charge on any atom is -0.0622 e. The van der Waals surface area contributed by atoms with Crippen molar-refractivity contribution in [1.82, 2.24) is 0 Å². The summed E-state index contributed by atoms with van der Waals surface area (Å²) in [6.07, 6.45) is 0. The summed E-state index contributed by atoms with van der Waals surface area (Å²) >= 11 is 1.69. The van der Waals surface area contributed by atoms with Gasteiger partial charge >= 0.3 is 22.6 Å². The Hall–Kier alpha value is -0.222. The van der Waals surface area contributed by atoms with Crippen LogP contribution in [0.4, 0.5) is 0 Å². The van der Waals surface area contributed by atoms with Gasteiger partial charge in [0.05, 0.1) is 0 Å². The van der Waals surface area contributed by atoms with Gasteiger partial charge in [0.15, 0.2) is 0 Å². The second kappa shape index (κ2) is 22.6. The van der Waals surface area contributed by atoms with Gasteiger partial charge in [0.1, 0.15) is 0 Å². The Morgan fingerprint density at radius 1 is 0.769 bits per heavy atom. The molecule has 0 radical (unpaired) electrons. The van der Waals surface area contributed by atoms with Gasteiger partial charge in [-0.15, -0.1) is 0 Å². The molecule has 1 aromatic carbocycles. The molecule has 78 valence electrons. The van der Waals surface area contributed by atoms with Crippen LogP contribution in [0.5, 0.6) is 0 Å². The fourth-order valence-corrected chi connectivity index (χ4v) is 0.534. The molecular weight excluding hydrogens is 219 g/mol. The van der Waals surface area contributed by atoms with E-state index in [0.717, 1.165) is 0 Å². The van der Waals surface area contributed by atoms with E-state index >= 15 is 0 Å². The first-order valence-corrected chi connectivity index (χ1v) is 7.41. The Morgan fingerprint density at radius 3 is 1.23 bits per heavy atom. The van der Waals surface area contributed by atoms with E-state index in [1.807, 2.05) is 45.9 Å². The molecule has 1 atom stereocenters. The topological polar surface area (TPSA) is 0 Å². The first-order chi connectivity index (χ1) is 6.39. The van der Waals surface area contributed by atoms with Crippen LogP contribution in [0, 0.1) is 6.92 Å². The van der Waals surface area contributed by atoms with Crippen molar-refractivity contribution in [2.75, 3.05) is 0 Å². The normalized spacial score (nSPS) is 6.08. The van der Waals surface area contributed by atoms with Crippen molar-refractivity contribution >= 4 is 16.9 Å². The maximum Gasteiger partial charge on any atom is -0.0398 e. The first-order valence-electron chi connectivity index (χ1n) is 4.99. The molecule has 0 spiro atoms. The van der Waals surface area contributed by atoms with Crippen molar-refractivity contribution in [1.29, 1.82) is 0 Å². The van der Waals surface area contributed by atoms with E-state index in [1.54, 1.807) is 16.9 Å². The molecule has 0 bridgehead atoms. The summed E-state index contributed by atoms with van der Waals surface area (Å²) in [5.41, 5.74) is 3.38. The molecule has 1 heteroatoms. The van der Waals surface area contributed by atoms with Crippen LogP contribution in [0.15, 0.2) is 30.3 Å². The maximum atomic E-state index is 2.08. The van der Waals surface area contributed by atoms with E-state index in [1.165, 1.54) is 5.56 Å². The van der Waals surface area contributed by atoms with Gasteiger partial charge in [0.25, 0.3) is 0 Å². The number of aryl methyl sites for hydroxylation is 1. The summed E-state index contributed by atoms with van der Waals surface area (Å²) in [5, 5.41) is 0. The summed E-state index contributed by atoms with van der Waals surface area (Å²) in [6.45, 7) is 10.1. The smallest absolute Gasteiger partial charge is 0.0398 e. The minimum atomic E-state index is 1.32. The number of benzene rings is 1. The standard InChI is InChI=1S/C7H8.2C2H6.CH5As/c1-7-5-3-2-4-6-7;3*1-2/h2-6H,1H3;2*1-2H3;2H2,1H3. The Kier molecular flexibility index (Phi) is 32.3. The number of rotatable bonds is 0. The van der Waals surface area contributed by atoms with Crippen LogP contribution < -0.4 is 0 Å². The molecular formula is C12H25As. The van der Waals surface area contributed by atoms with Crippen LogP contribution in [0.1, 0.15) is 33.3 Å². The van der Waals surface area contributed by atoms with Crippen molar-refractivity contribution < 1.29 is 0 Å². The molecule has 0 heterocycles. The molecule has 0 saturated heterocycles. The zero-order valence-corrected chi connectivity index (χ0v) is 12.4. The molecule has 0 aliphatic carbocycles. The van der Waals surface area contributed by atoms with Crippen LogP contribution >= 0.6 is 0 Å². The molecule has 0 aliphatic rings. The van der Waals surface area contributed by atoms with Crippen LogP contribution in [-0.4, -0.2) is 16.9 Å². The fraction of sp³-hybridized carbons (Fsp3) is 0.500. The van der Waals surface area contributed by atoms with Gasteiger partial charge in [-0.05, 0) is 6.92 Å². The van der Waals surface area contributed by atoms with Gasteiger partial charge in [0, 0.05) is 0 Å². The second-order valence-electron chi connectivity index (χ2n) is 1.65. The molecule has 0 aliphatic heterocycles.